The van der Waals surface area contributed by atoms with Gasteiger partial charge in [0.15, 0.2) is 5.78 Å². The molecule has 0 bridgehead atoms. The molecule has 4 saturated carbocycles. The predicted molar refractivity (Wildman–Crippen MR) is 127 cm³/mol. The molecule has 0 saturated heterocycles. The number of rotatable bonds is 4. The lowest BCUT2D eigenvalue weighted by molar-refractivity contribution is -0.166. The number of hydrogen-bond acceptors (Lipinski definition) is 3. The van der Waals surface area contributed by atoms with Gasteiger partial charge in [0.05, 0.1) is 0 Å². The van der Waals surface area contributed by atoms with E-state index >= 15 is 0 Å². The molecule has 4 fully saturated rings. The van der Waals surface area contributed by atoms with E-state index in [4.69, 9.17) is 4.74 Å². The first-order valence-corrected chi connectivity index (χ1v) is 13.7. The van der Waals surface area contributed by atoms with Gasteiger partial charge in [0.25, 0.3) is 0 Å². The van der Waals surface area contributed by atoms with Gasteiger partial charge in [0, 0.05) is 18.3 Å². The molecule has 5 aliphatic rings. The average molecular weight is 441 g/mol. The van der Waals surface area contributed by atoms with Crippen LogP contribution in [0.2, 0.25) is 0 Å². The van der Waals surface area contributed by atoms with Crippen LogP contribution in [0.15, 0.2) is 11.6 Å². The molecular formula is C29H44O3. The van der Waals surface area contributed by atoms with Crippen molar-refractivity contribution in [2.24, 2.45) is 46.3 Å². The monoisotopic (exact) mass is 440 g/mol. The van der Waals surface area contributed by atoms with Gasteiger partial charge < -0.3 is 4.74 Å². The topological polar surface area (TPSA) is 43.4 Å². The van der Waals surface area contributed by atoms with Gasteiger partial charge in [-0.3, -0.25) is 9.59 Å². The van der Waals surface area contributed by atoms with Crippen molar-refractivity contribution in [3.8, 4) is 0 Å². The van der Waals surface area contributed by atoms with Crippen LogP contribution in [0.3, 0.4) is 0 Å². The van der Waals surface area contributed by atoms with E-state index in [1.54, 1.807) is 0 Å². The molecule has 32 heavy (non-hydrogen) atoms. The van der Waals surface area contributed by atoms with Crippen molar-refractivity contribution in [3.05, 3.63) is 11.6 Å². The lowest BCUT2D eigenvalue weighted by Crippen LogP contribution is -2.57. The highest BCUT2D eigenvalue weighted by Crippen LogP contribution is 2.68. The first kappa shape index (κ1) is 22.7. The Kier molecular flexibility index (Phi) is 5.86. The van der Waals surface area contributed by atoms with Crippen LogP contribution in [0.4, 0.5) is 0 Å². The normalized spacial score (nSPS) is 46.2. The van der Waals surface area contributed by atoms with Gasteiger partial charge >= 0.3 is 5.97 Å². The smallest absolute Gasteiger partial charge is 0.306 e. The lowest BCUT2D eigenvalue weighted by Gasteiger charge is -2.62. The fraction of sp³-hybridized carbons (Fsp3) is 0.862. The molecule has 178 valence electrons. The Labute approximate surface area is 195 Å². The summed E-state index contributed by atoms with van der Waals surface area (Å²) >= 11 is 0. The van der Waals surface area contributed by atoms with Gasteiger partial charge in [0.1, 0.15) is 6.10 Å². The second-order valence-corrected chi connectivity index (χ2v) is 12.9. The maximum atomic E-state index is 12.8. The van der Waals surface area contributed by atoms with Crippen molar-refractivity contribution in [2.75, 3.05) is 0 Å². The summed E-state index contributed by atoms with van der Waals surface area (Å²) in [6.45, 7) is 9.78. The van der Waals surface area contributed by atoms with Crippen LogP contribution in [0.25, 0.3) is 0 Å². The van der Waals surface area contributed by atoms with Crippen LogP contribution in [0.5, 0.6) is 0 Å². The van der Waals surface area contributed by atoms with E-state index in [2.05, 4.69) is 27.7 Å². The molecule has 5 aliphatic carbocycles. The van der Waals surface area contributed by atoms with Crippen molar-refractivity contribution in [2.45, 2.75) is 111 Å². The molecular weight excluding hydrogens is 396 g/mol. The number of ketones is 1. The number of ether oxygens (including phenoxy) is 1. The summed E-state index contributed by atoms with van der Waals surface area (Å²) in [6, 6.07) is 0. The minimum atomic E-state index is 0.0539. The molecule has 5 rings (SSSR count). The zero-order valence-electron chi connectivity index (χ0n) is 20.8. The molecule has 0 spiro atoms. The van der Waals surface area contributed by atoms with Crippen LogP contribution in [0, 0.1) is 46.3 Å². The number of carbonyl (C=O) groups excluding carboxylic acids is 2. The van der Waals surface area contributed by atoms with Gasteiger partial charge in [-0.05, 0) is 85.5 Å². The van der Waals surface area contributed by atoms with Crippen LogP contribution in [-0.4, -0.2) is 17.9 Å². The van der Waals surface area contributed by atoms with Crippen LogP contribution in [-0.2, 0) is 14.3 Å². The first-order chi connectivity index (χ1) is 15.2. The van der Waals surface area contributed by atoms with Crippen LogP contribution < -0.4 is 0 Å². The molecule has 0 heterocycles. The number of hydrogen-bond donors (Lipinski definition) is 0. The van der Waals surface area contributed by atoms with Crippen LogP contribution >= 0.6 is 0 Å². The molecule has 0 aromatic carbocycles. The third-order valence-corrected chi connectivity index (χ3v) is 11.0. The molecule has 0 amide bonds. The quantitative estimate of drug-likeness (QED) is 0.447. The summed E-state index contributed by atoms with van der Waals surface area (Å²) in [5.74, 6) is 4.32. The molecule has 8 atom stereocenters. The zero-order chi connectivity index (χ0) is 22.7. The molecule has 0 radical (unpaired) electrons. The molecule has 0 aromatic heterocycles. The highest BCUT2D eigenvalue weighted by atomic mass is 16.5. The number of allylic oxidation sites excluding steroid dienone is 1. The van der Waals surface area contributed by atoms with Crippen molar-refractivity contribution >= 4 is 11.8 Å². The number of carbonyl (C=O) groups is 2. The third kappa shape index (κ3) is 3.61. The summed E-state index contributed by atoms with van der Waals surface area (Å²) in [7, 11) is 0. The van der Waals surface area contributed by atoms with E-state index in [1.165, 1.54) is 37.7 Å². The lowest BCUT2D eigenvalue weighted by atomic mass is 9.43. The Morgan fingerprint density at radius 3 is 2.59 bits per heavy atom. The Hall–Kier alpha value is -1.12. The summed E-state index contributed by atoms with van der Waals surface area (Å²) < 4.78 is 6.26. The molecule has 0 N–H and O–H groups in total. The second kappa shape index (κ2) is 8.27. The van der Waals surface area contributed by atoms with Gasteiger partial charge in [-0.1, -0.05) is 59.0 Å². The van der Waals surface area contributed by atoms with Gasteiger partial charge in [-0.15, -0.1) is 0 Å². The second-order valence-electron chi connectivity index (χ2n) is 12.9. The summed E-state index contributed by atoms with van der Waals surface area (Å²) in [5, 5.41) is 0. The molecule has 3 unspecified atom stereocenters. The molecule has 0 aromatic rings. The van der Waals surface area contributed by atoms with E-state index in [9.17, 15) is 9.59 Å². The van der Waals surface area contributed by atoms with E-state index in [0.29, 0.717) is 48.2 Å². The fourth-order valence-electron chi connectivity index (χ4n) is 9.56. The third-order valence-electron chi connectivity index (χ3n) is 11.0. The highest BCUT2D eigenvalue weighted by Gasteiger charge is 2.63. The highest BCUT2D eigenvalue weighted by molar-refractivity contribution is 5.91. The van der Waals surface area contributed by atoms with Gasteiger partial charge in [-0.25, -0.2) is 0 Å². The summed E-state index contributed by atoms with van der Waals surface area (Å²) in [4.78, 5) is 25.0. The minimum Gasteiger partial charge on any atom is -0.462 e. The molecule has 0 aliphatic heterocycles. The Morgan fingerprint density at radius 1 is 1.09 bits per heavy atom. The zero-order valence-corrected chi connectivity index (χ0v) is 20.8. The maximum absolute atomic E-state index is 12.8. The fourth-order valence-corrected chi connectivity index (χ4v) is 9.56. The van der Waals surface area contributed by atoms with Gasteiger partial charge in [0.2, 0.25) is 0 Å². The van der Waals surface area contributed by atoms with E-state index < -0.39 is 0 Å². The SMILES string of the molecule is C[C@@H]1CC2=CC(=O)CC[C@]2(C)C2C1C1CC[C@H](OC(=O)CCC3CCCC3)[C@@]1(C)C[C@@H]2C. The summed E-state index contributed by atoms with van der Waals surface area (Å²) in [5.41, 5.74) is 1.73. The van der Waals surface area contributed by atoms with Crippen molar-refractivity contribution in [3.63, 3.8) is 0 Å². The van der Waals surface area contributed by atoms with Crippen molar-refractivity contribution in [1.82, 2.24) is 0 Å². The Bertz CT molecular complexity index is 792. The average Bonchev–Trinajstić information content (AvgIpc) is 3.36. The Morgan fingerprint density at radius 2 is 1.84 bits per heavy atom. The van der Waals surface area contributed by atoms with Crippen molar-refractivity contribution in [1.29, 1.82) is 0 Å². The Balaban J connectivity index is 1.33. The number of fused-ring (bicyclic) bond motifs is 5. The standard InChI is InChI=1S/C29H44O3/c1-18-15-21-16-22(30)13-14-28(21,3)27-19(2)17-29(4)23(26(18)27)10-11-24(29)32-25(31)12-9-20-7-5-6-8-20/h16,18-20,23-24,26-27H,5-15,17H2,1-4H3/t18-,19+,23?,24+,26?,27?,28+,29+/m1/s1. The first-order valence-electron chi connectivity index (χ1n) is 13.7. The largest absolute Gasteiger partial charge is 0.462 e. The van der Waals surface area contributed by atoms with E-state index in [-0.39, 0.29) is 22.9 Å². The van der Waals surface area contributed by atoms with Gasteiger partial charge in [-0.2, -0.15) is 0 Å². The van der Waals surface area contributed by atoms with Crippen molar-refractivity contribution < 1.29 is 14.3 Å². The van der Waals surface area contributed by atoms with Crippen LogP contribution in [0.1, 0.15) is 105 Å². The predicted octanol–water partition coefficient (Wildman–Crippen LogP) is 6.89. The van der Waals surface area contributed by atoms with E-state index in [0.717, 1.165) is 38.0 Å². The summed E-state index contributed by atoms with van der Waals surface area (Å²) in [6.07, 6.45) is 15.2. The molecule has 3 heteroatoms. The minimum absolute atomic E-state index is 0.0539. The molecule has 3 nitrogen and oxygen atoms in total. The van der Waals surface area contributed by atoms with E-state index in [1.807, 2.05) is 6.08 Å². The number of esters is 1. The maximum Gasteiger partial charge on any atom is 0.306 e.